The Bertz CT molecular complexity index is 1010. The Morgan fingerprint density at radius 2 is 2.00 bits per heavy atom. The van der Waals surface area contributed by atoms with Crippen LogP contribution in [0.4, 0.5) is 0 Å². The van der Waals surface area contributed by atoms with Crippen LogP contribution in [0.15, 0.2) is 35.0 Å². The number of aryl methyl sites for hydroxylation is 2. The molecule has 0 spiro atoms. The number of hydrogen-bond acceptors (Lipinski definition) is 7. The molecule has 28 heavy (non-hydrogen) atoms. The van der Waals surface area contributed by atoms with E-state index in [9.17, 15) is 14.7 Å². The van der Waals surface area contributed by atoms with Gasteiger partial charge in [-0.1, -0.05) is 0 Å². The molecule has 9 nitrogen and oxygen atoms in total. The summed E-state index contributed by atoms with van der Waals surface area (Å²) in [6.45, 7) is 3.10. The molecule has 0 saturated carbocycles. The lowest BCUT2D eigenvalue weighted by Crippen LogP contribution is -2.46. The number of rotatable bonds is 7. The fourth-order valence-electron chi connectivity index (χ4n) is 2.67. The summed E-state index contributed by atoms with van der Waals surface area (Å²) in [5.41, 5.74) is 6.71. The quantitative estimate of drug-likeness (QED) is 0.552. The number of hydrogen-bond donors (Lipinski definition) is 3. The van der Waals surface area contributed by atoms with Crippen LogP contribution < -0.4 is 15.8 Å². The summed E-state index contributed by atoms with van der Waals surface area (Å²) >= 11 is 0. The number of amides is 2. The van der Waals surface area contributed by atoms with E-state index in [1.807, 2.05) is 0 Å². The number of carbonyl (C=O) groups excluding carboxylic acids is 2. The number of fused-ring (bicyclic) bond motifs is 1. The molecular formula is C19H20N4O5. The van der Waals surface area contributed by atoms with Crippen molar-refractivity contribution in [3.05, 3.63) is 53.3 Å². The SMILES string of the molecule is Cc1ncc(COc2ccc3oc(C)c(C(=O)NC(CO)C(N)=O)c3c2)cn1. The molecule has 9 heteroatoms. The third-order valence-electron chi connectivity index (χ3n) is 4.13. The van der Waals surface area contributed by atoms with E-state index in [0.29, 0.717) is 28.3 Å². The van der Waals surface area contributed by atoms with Crippen LogP contribution in [0.1, 0.15) is 27.5 Å². The van der Waals surface area contributed by atoms with E-state index >= 15 is 0 Å². The Morgan fingerprint density at radius 1 is 1.29 bits per heavy atom. The third kappa shape index (κ3) is 4.09. The topological polar surface area (TPSA) is 141 Å². The number of furan rings is 1. The Labute approximate surface area is 160 Å². The average molecular weight is 384 g/mol. The molecular weight excluding hydrogens is 364 g/mol. The first kappa shape index (κ1) is 19.3. The summed E-state index contributed by atoms with van der Waals surface area (Å²) in [6, 6.07) is 3.91. The minimum absolute atomic E-state index is 0.249. The van der Waals surface area contributed by atoms with Gasteiger partial charge in [0.25, 0.3) is 5.91 Å². The molecule has 0 bridgehead atoms. The lowest BCUT2D eigenvalue weighted by molar-refractivity contribution is -0.120. The number of aliphatic hydroxyl groups excluding tert-OH is 1. The van der Waals surface area contributed by atoms with E-state index in [1.165, 1.54) is 0 Å². The summed E-state index contributed by atoms with van der Waals surface area (Å²) in [5.74, 6) is 0.171. The molecule has 3 aromatic rings. The Hall–Kier alpha value is -3.46. The van der Waals surface area contributed by atoms with E-state index in [4.69, 9.17) is 14.9 Å². The second kappa shape index (κ2) is 8.05. The van der Waals surface area contributed by atoms with Crippen molar-refractivity contribution < 1.29 is 23.8 Å². The molecule has 0 aliphatic heterocycles. The molecule has 0 fully saturated rings. The van der Waals surface area contributed by atoms with Crippen LogP contribution in [0.5, 0.6) is 5.75 Å². The van der Waals surface area contributed by atoms with Gasteiger partial charge in [0.15, 0.2) is 0 Å². The molecule has 4 N–H and O–H groups in total. The number of nitrogens with one attached hydrogen (secondary N) is 1. The predicted molar refractivity (Wildman–Crippen MR) is 99.6 cm³/mol. The maximum atomic E-state index is 12.6. The van der Waals surface area contributed by atoms with E-state index in [0.717, 1.165) is 5.56 Å². The van der Waals surface area contributed by atoms with Crippen LogP contribution in [0.2, 0.25) is 0 Å². The number of primary amides is 1. The summed E-state index contributed by atoms with van der Waals surface area (Å²) in [6.07, 6.45) is 3.36. The first-order valence-corrected chi connectivity index (χ1v) is 8.53. The standard InChI is InChI=1S/C19H20N4O5/c1-10-17(19(26)23-15(8-24)18(20)25)14-5-13(3-4-16(14)28-10)27-9-12-6-21-11(2)22-7-12/h3-7,15,24H,8-9H2,1-2H3,(H2,20,25)(H,23,26). The van der Waals surface area contributed by atoms with E-state index in [1.54, 1.807) is 44.4 Å². The highest BCUT2D eigenvalue weighted by Gasteiger charge is 2.23. The number of ether oxygens (including phenoxy) is 1. The van der Waals surface area contributed by atoms with Gasteiger partial charge in [0, 0.05) is 23.3 Å². The summed E-state index contributed by atoms with van der Waals surface area (Å²) in [4.78, 5) is 32.1. The second-order valence-corrected chi connectivity index (χ2v) is 6.23. The van der Waals surface area contributed by atoms with Crippen LogP contribution >= 0.6 is 0 Å². The maximum Gasteiger partial charge on any atom is 0.256 e. The second-order valence-electron chi connectivity index (χ2n) is 6.23. The van der Waals surface area contributed by atoms with Gasteiger partial charge in [-0.2, -0.15) is 0 Å². The van der Waals surface area contributed by atoms with Crippen molar-refractivity contribution in [2.75, 3.05) is 6.61 Å². The van der Waals surface area contributed by atoms with Crippen molar-refractivity contribution in [3.63, 3.8) is 0 Å². The fourth-order valence-corrected chi connectivity index (χ4v) is 2.67. The highest BCUT2D eigenvalue weighted by Crippen LogP contribution is 2.29. The highest BCUT2D eigenvalue weighted by molar-refractivity contribution is 6.08. The zero-order valence-electron chi connectivity index (χ0n) is 15.4. The van der Waals surface area contributed by atoms with Crippen LogP contribution in [0.3, 0.4) is 0 Å². The van der Waals surface area contributed by atoms with Crippen LogP contribution in [0.25, 0.3) is 11.0 Å². The number of aliphatic hydroxyl groups is 1. The average Bonchev–Trinajstić information content (AvgIpc) is 3.00. The zero-order valence-corrected chi connectivity index (χ0v) is 15.4. The molecule has 1 atom stereocenters. The fraction of sp³-hybridized carbons (Fsp3) is 0.263. The van der Waals surface area contributed by atoms with Crippen molar-refractivity contribution in [1.29, 1.82) is 0 Å². The van der Waals surface area contributed by atoms with Gasteiger partial charge in [0.1, 0.15) is 35.6 Å². The van der Waals surface area contributed by atoms with Gasteiger partial charge in [-0.15, -0.1) is 0 Å². The minimum atomic E-state index is -1.18. The number of aromatic nitrogens is 2. The Balaban J connectivity index is 1.84. The van der Waals surface area contributed by atoms with Crippen molar-refractivity contribution in [2.24, 2.45) is 5.73 Å². The molecule has 146 valence electrons. The molecule has 0 aliphatic carbocycles. The molecule has 0 aliphatic rings. The van der Waals surface area contributed by atoms with Crippen LogP contribution in [-0.2, 0) is 11.4 Å². The predicted octanol–water partition coefficient (Wildman–Crippen LogP) is 0.995. The largest absolute Gasteiger partial charge is 0.489 e. The van der Waals surface area contributed by atoms with E-state index in [-0.39, 0.29) is 12.2 Å². The molecule has 2 aromatic heterocycles. The third-order valence-corrected chi connectivity index (χ3v) is 4.13. The summed E-state index contributed by atoms with van der Waals surface area (Å²) in [7, 11) is 0. The minimum Gasteiger partial charge on any atom is -0.489 e. The first-order chi connectivity index (χ1) is 13.4. The van der Waals surface area contributed by atoms with Crippen molar-refractivity contribution >= 4 is 22.8 Å². The first-order valence-electron chi connectivity index (χ1n) is 8.53. The van der Waals surface area contributed by atoms with Gasteiger partial charge in [-0.3, -0.25) is 9.59 Å². The maximum absolute atomic E-state index is 12.6. The molecule has 2 amide bonds. The number of benzene rings is 1. The smallest absolute Gasteiger partial charge is 0.256 e. The monoisotopic (exact) mass is 384 g/mol. The van der Waals surface area contributed by atoms with Gasteiger partial charge >= 0.3 is 0 Å². The summed E-state index contributed by atoms with van der Waals surface area (Å²) in [5, 5.41) is 12.1. The van der Waals surface area contributed by atoms with Gasteiger partial charge in [-0.25, -0.2) is 9.97 Å². The zero-order chi connectivity index (χ0) is 20.3. The number of nitrogens with two attached hydrogens (primary N) is 1. The molecule has 3 rings (SSSR count). The van der Waals surface area contributed by atoms with E-state index in [2.05, 4.69) is 15.3 Å². The van der Waals surface area contributed by atoms with Crippen molar-refractivity contribution in [2.45, 2.75) is 26.5 Å². The molecule has 0 radical (unpaired) electrons. The molecule has 0 saturated heterocycles. The van der Waals surface area contributed by atoms with Gasteiger partial charge in [0.2, 0.25) is 5.91 Å². The van der Waals surface area contributed by atoms with Gasteiger partial charge in [-0.05, 0) is 32.0 Å². The molecule has 2 heterocycles. The van der Waals surface area contributed by atoms with Crippen molar-refractivity contribution in [1.82, 2.24) is 15.3 Å². The highest BCUT2D eigenvalue weighted by atomic mass is 16.5. The lowest BCUT2D eigenvalue weighted by atomic mass is 10.1. The van der Waals surface area contributed by atoms with Crippen LogP contribution in [-0.4, -0.2) is 39.5 Å². The van der Waals surface area contributed by atoms with Crippen LogP contribution in [0, 0.1) is 13.8 Å². The van der Waals surface area contributed by atoms with E-state index < -0.39 is 24.5 Å². The Morgan fingerprint density at radius 3 is 2.64 bits per heavy atom. The van der Waals surface area contributed by atoms with Crippen molar-refractivity contribution in [3.8, 4) is 5.75 Å². The molecule has 1 unspecified atom stereocenters. The van der Waals surface area contributed by atoms with Gasteiger partial charge in [0.05, 0.1) is 12.2 Å². The normalized spacial score (nSPS) is 12.0. The lowest BCUT2D eigenvalue weighted by Gasteiger charge is -2.12. The Kier molecular flexibility index (Phi) is 5.55. The van der Waals surface area contributed by atoms with Gasteiger partial charge < -0.3 is 25.3 Å². The molecule has 1 aromatic carbocycles. The summed E-state index contributed by atoms with van der Waals surface area (Å²) < 4.78 is 11.4. The number of nitrogens with zero attached hydrogens (tertiary/aromatic N) is 2. The number of carbonyl (C=O) groups is 2.